The van der Waals surface area contributed by atoms with Crippen LogP contribution in [0.3, 0.4) is 0 Å². The van der Waals surface area contributed by atoms with Crippen molar-refractivity contribution in [2.45, 2.75) is 46.8 Å². The number of hydrogen-bond donors (Lipinski definition) is 3. The number of hydrogen-bond acceptors (Lipinski definition) is 11. The molecular formula is C57H50N4O8S. The molecule has 0 saturated heterocycles. The lowest BCUT2D eigenvalue weighted by Crippen LogP contribution is -2.14. The molecule has 0 aliphatic rings. The Morgan fingerprint density at radius 2 is 1.10 bits per heavy atom. The molecule has 7 aromatic carbocycles. The first-order valence-electron chi connectivity index (χ1n) is 22.9. The molecule has 10 rings (SSSR count). The summed E-state index contributed by atoms with van der Waals surface area (Å²) >= 11 is 1.18. The zero-order valence-electron chi connectivity index (χ0n) is 38.6. The van der Waals surface area contributed by atoms with E-state index in [1.165, 1.54) is 11.7 Å². The summed E-state index contributed by atoms with van der Waals surface area (Å²) in [5, 5.41) is 20.7. The summed E-state index contributed by atoms with van der Waals surface area (Å²) in [6, 6.07) is 52.7. The maximum absolute atomic E-state index is 13.6. The number of nitrogens with one attached hydrogen (secondary N) is 1. The number of nitrogens with zero attached hydrogens (tertiary/aromatic N) is 3. The van der Waals surface area contributed by atoms with Gasteiger partial charge in [0, 0.05) is 40.6 Å². The van der Waals surface area contributed by atoms with Crippen LogP contribution in [0.4, 0.5) is 0 Å². The maximum atomic E-state index is 13.6. The molecule has 10 aromatic rings. The number of rotatable bonds is 16. The Labute approximate surface area is 408 Å². The van der Waals surface area contributed by atoms with Gasteiger partial charge in [0.05, 0.1) is 49.2 Å². The minimum atomic E-state index is -0.401. The van der Waals surface area contributed by atoms with Crippen LogP contribution < -0.4 is 9.47 Å². The lowest BCUT2D eigenvalue weighted by atomic mass is 10.0. The topological polar surface area (TPSA) is 158 Å². The zero-order chi connectivity index (χ0) is 48.4. The van der Waals surface area contributed by atoms with Gasteiger partial charge in [-0.2, -0.15) is 8.75 Å². The third-order valence-corrected chi connectivity index (χ3v) is 12.3. The van der Waals surface area contributed by atoms with Gasteiger partial charge in [-0.3, -0.25) is 0 Å². The van der Waals surface area contributed by atoms with E-state index in [2.05, 4.69) is 13.7 Å². The number of benzene rings is 7. The highest BCUT2D eigenvalue weighted by atomic mass is 32.1. The average molecular weight is 951 g/mol. The minimum Gasteiger partial charge on any atom is -0.489 e. The van der Waals surface area contributed by atoms with E-state index < -0.39 is 11.9 Å². The maximum Gasteiger partial charge on any atom is 0.355 e. The molecule has 0 radical (unpaired) electrons. The van der Waals surface area contributed by atoms with Crippen molar-refractivity contribution in [1.29, 1.82) is 0 Å². The molecule has 13 heteroatoms. The Balaban J connectivity index is 0.000000181. The molecule has 0 unspecified atom stereocenters. The highest BCUT2D eigenvalue weighted by Crippen LogP contribution is 2.39. The number of aromatic nitrogens is 4. The third-order valence-electron chi connectivity index (χ3n) is 11.8. The second-order valence-electron chi connectivity index (χ2n) is 16.4. The fourth-order valence-electron chi connectivity index (χ4n) is 8.35. The van der Waals surface area contributed by atoms with Gasteiger partial charge in [0.2, 0.25) is 0 Å². The van der Waals surface area contributed by atoms with Gasteiger partial charge in [0.15, 0.2) is 0 Å². The molecule has 12 nitrogen and oxygen atoms in total. The molecule has 0 aliphatic carbocycles. The number of carbonyl (C=O) groups excluding carboxylic acids is 2. The number of esters is 2. The highest BCUT2D eigenvalue weighted by Gasteiger charge is 2.26. The summed E-state index contributed by atoms with van der Waals surface area (Å²) in [5.41, 5.74) is 12.2. The molecular weight excluding hydrogens is 901 g/mol. The Bertz CT molecular complexity index is 3390. The second-order valence-corrected chi connectivity index (χ2v) is 16.9. The number of aliphatic hydroxyl groups is 2. The molecule has 0 amide bonds. The Morgan fingerprint density at radius 1 is 0.557 bits per heavy atom. The highest BCUT2D eigenvalue weighted by molar-refractivity contribution is 7.00. The van der Waals surface area contributed by atoms with E-state index in [-0.39, 0.29) is 19.8 Å². The monoisotopic (exact) mass is 950 g/mol. The molecule has 0 atom stereocenters. The van der Waals surface area contributed by atoms with Crippen LogP contribution in [0, 0.1) is 0 Å². The van der Waals surface area contributed by atoms with Crippen LogP contribution in [0.1, 0.15) is 62.6 Å². The van der Waals surface area contributed by atoms with Gasteiger partial charge in [0.1, 0.15) is 47.1 Å². The fourth-order valence-corrected chi connectivity index (χ4v) is 8.87. The lowest BCUT2D eigenvalue weighted by molar-refractivity contribution is 0.0509. The summed E-state index contributed by atoms with van der Waals surface area (Å²) in [6.45, 7) is 5.38. The summed E-state index contributed by atoms with van der Waals surface area (Å²) in [4.78, 5) is 29.4. The van der Waals surface area contributed by atoms with Crippen molar-refractivity contribution < 1.29 is 38.7 Å². The van der Waals surface area contributed by atoms with Crippen LogP contribution in [0.25, 0.3) is 55.1 Å². The van der Waals surface area contributed by atoms with E-state index in [0.717, 1.165) is 82.9 Å². The van der Waals surface area contributed by atoms with E-state index in [4.69, 9.17) is 18.9 Å². The summed E-state index contributed by atoms with van der Waals surface area (Å²) in [6.07, 6.45) is 0. The number of carbonyl (C=O) groups is 2. The number of aliphatic hydroxyl groups excluding tert-OH is 2. The summed E-state index contributed by atoms with van der Waals surface area (Å²) < 4.78 is 33.7. The molecule has 0 saturated carbocycles. The second kappa shape index (κ2) is 21.9. The van der Waals surface area contributed by atoms with Gasteiger partial charge in [-0.25, -0.2) is 9.59 Å². The third kappa shape index (κ3) is 10.5. The van der Waals surface area contributed by atoms with Crippen LogP contribution in [0.15, 0.2) is 164 Å². The van der Waals surface area contributed by atoms with Crippen LogP contribution in [-0.2, 0) is 42.4 Å². The number of ether oxygens (including phenoxy) is 4. The van der Waals surface area contributed by atoms with Gasteiger partial charge in [0.25, 0.3) is 0 Å². The van der Waals surface area contributed by atoms with Crippen LogP contribution in [0.2, 0.25) is 0 Å². The molecule has 3 heterocycles. The molecule has 70 heavy (non-hydrogen) atoms. The van der Waals surface area contributed by atoms with E-state index >= 15 is 0 Å². The van der Waals surface area contributed by atoms with Crippen LogP contribution in [0.5, 0.6) is 11.5 Å². The Hall–Kier alpha value is -8.10. The minimum absolute atomic E-state index is 0.0268. The Kier molecular flexibility index (Phi) is 14.7. The normalized spacial score (nSPS) is 11.1. The van der Waals surface area contributed by atoms with Gasteiger partial charge in [-0.1, -0.05) is 115 Å². The van der Waals surface area contributed by atoms with E-state index in [1.807, 2.05) is 168 Å². The van der Waals surface area contributed by atoms with Crippen molar-refractivity contribution in [3.63, 3.8) is 0 Å². The van der Waals surface area contributed by atoms with Gasteiger partial charge in [-0.15, -0.1) is 0 Å². The van der Waals surface area contributed by atoms with Crippen molar-refractivity contribution in [2.75, 3.05) is 13.2 Å². The molecule has 0 fully saturated rings. The van der Waals surface area contributed by atoms with Gasteiger partial charge < -0.3 is 38.7 Å². The number of H-pyrrole nitrogens is 1. The first-order chi connectivity index (χ1) is 34.3. The van der Waals surface area contributed by atoms with Crippen molar-refractivity contribution in [2.24, 2.45) is 0 Å². The number of fused-ring (bicyclic) bond motifs is 3. The van der Waals surface area contributed by atoms with E-state index in [9.17, 15) is 19.8 Å². The van der Waals surface area contributed by atoms with E-state index in [1.54, 1.807) is 13.8 Å². The summed E-state index contributed by atoms with van der Waals surface area (Å²) in [7, 11) is 0. The summed E-state index contributed by atoms with van der Waals surface area (Å²) in [5.74, 6) is 0.613. The molecule has 0 spiro atoms. The van der Waals surface area contributed by atoms with Gasteiger partial charge in [-0.05, 0) is 89.2 Å². The first kappa shape index (κ1) is 47.0. The molecule has 0 aliphatic heterocycles. The van der Waals surface area contributed by atoms with Crippen molar-refractivity contribution >= 4 is 56.5 Å². The quantitative estimate of drug-likeness (QED) is 0.0796. The van der Waals surface area contributed by atoms with Gasteiger partial charge >= 0.3 is 11.9 Å². The molecule has 3 aromatic heterocycles. The SMILES string of the molecule is CCOC(=O)c1[nH]c2cc(OCc3ccccc3)ccc2c1-c1ccc(CO)cc1.CCOC(=O)c1c(-c2ccc(CO)cc2)c2ccc(OCc3ccccc3)cc2n1Cc1ccc2nsnc2c1. The van der Waals surface area contributed by atoms with Crippen molar-refractivity contribution in [3.05, 3.63) is 203 Å². The average Bonchev–Trinajstić information content (AvgIpc) is 4.12. The van der Waals surface area contributed by atoms with Crippen molar-refractivity contribution in [3.8, 4) is 33.8 Å². The van der Waals surface area contributed by atoms with E-state index in [0.29, 0.717) is 49.3 Å². The zero-order valence-corrected chi connectivity index (χ0v) is 39.4. The van der Waals surface area contributed by atoms with Crippen LogP contribution in [-0.4, -0.2) is 53.7 Å². The first-order valence-corrected chi connectivity index (χ1v) is 23.7. The Morgan fingerprint density at radius 3 is 1.70 bits per heavy atom. The smallest absolute Gasteiger partial charge is 0.355 e. The molecule has 352 valence electrons. The fraction of sp³-hybridized carbons (Fsp3) is 0.158. The van der Waals surface area contributed by atoms with Crippen LogP contribution >= 0.6 is 11.7 Å². The molecule has 3 N–H and O–H groups in total. The predicted molar refractivity (Wildman–Crippen MR) is 273 cm³/mol. The molecule has 0 bridgehead atoms. The lowest BCUT2D eigenvalue weighted by Gasteiger charge is -2.13. The predicted octanol–water partition coefficient (Wildman–Crippen LogP) is 11.7. The largest absolute Gasteiger partial charge is 0.489 e. The van der Waals surface area contributed by atoms with Crippen molar-refractivity contribution in [1.82, 2.24) is 18.3 Å². The number of aromatic amines is 1. The standard InChI is InChI=1S/C32H27N3O4S.C25H23NO4/c1-2-38-32(37)31-30(24-11-8-21(19-36)9-12-24)26-14-13-25(39-20-22-6-4-3-5-7-22)17-29(26)35(31)18-23-10-15-27-28(16-23)34-40-33-27;1-2-29-25(28)24-23(19-10-8-17(15-27)9-11-19)21-13-12-20(14-22(21)26-24)30-16-18-6-4-3-5-7-18/h3-17,36H,2,18-20H2,1H3;3-14,26-27H,2,15-16H2,1H3.